The number of sulfonamides is 1. The summed E-state index contributed by atoms with van der Waals surface area (Å²) in [5.41, 5.74) is 2.69. The van der Waals surface area contributed by atoms with Gasteiger partial charge in [-0.15, -0.1) is 0 Å². The number of anilines is 1. The zero-order valence-electron chi connectivity index (χ0n) is 16.4. The molecule has 8 heteroatoms. The summed E-state index contributed by atoms with van der Waals surface area (Å²) in [5.74, 6) is 0.578. The van der Waals surface area contributed by atoms with Crippen LogP contribution in [0.1, 0.15) is 28.1 Å². The Balaban J connectivity index is 1.44. The van der Waals surface area contributed by atoms with Gasteiger partial charge in [-0.25, -0.2) is 12.8 Å². The van der Waals surface area contributed by atoms with E-state index in [4.69, 9.17) is 4.42 Å². The summed E-state index contributed by atoms with van der Waals surface area (Å²) >= 11 is 0. The third-order valence-corrected chi connectivity index (χ3v) is 6.21. The van der Waals surface area contributed by atoms with Crippen LogP contribution in [0.25, 0.3) is 11.3 Å². The molecule has 4 rings (SSSR count). The van der Waals surface area contributed by atoms with Crippen LogP contribution in [0.15, 0.2) is 59.0 Å². The third-order valence-electron chi connectivity index (χ3n) is 5.03. The van der Waals surface area contributed by atoms with Crippen LogP contribution in [0.5, 0.6) is 0 Å². The Hall–Kier alpha value is -3.13. The summed E-state index contributed by atoms with van der Waals surface area (Å²) in [7, 11) is -3.34. The Bertz CT molecular complexity index is 1190. The smallest absolute Gasteiger partial charge is 0.251 e. The fraction of sp³-hybridized carbons (Fsp3) is 0.227. The Kier molecular flexibility index (Phi) is 5.34. The Morgan fingerprint density at radius 3 is 2.63 bits per heavy atom. The number of rotatable bonds is 5. The highest BCUT2D eigenvalue weighted by atomic mass is 32.2. The first-order valence-corrected chi connectivity index (χ1v) is 11.4. The first kappa shape index (κ1) is 20.2. The molecule has 2 heterocycles. The molecule has 30 heavy (non-hydrogen) atoms. The molecule has 6 nitrogen and oxygen atoms in total. The summed E-state index contributed by atoms with van der Waals surface area (Å²) in [5, 5.41) is 2.81. The molecule has 0 aliphatic carbocycles. The van der Waals surface area contributed by atoms with E-state index in [-0.39, 0.29) is 18.3 Å². The van der Waals surface area contributed by atoms with E-state index in [1.165, 1.54) is 22.7 Å². The van der Waals surface area contributed by atoms with E-state index < -0.39 is 10.0 Å². The van der Waals surface area contributed by atoms with E-state index in [1.54, 1.807) is 42.5 Å². The molecule has 1 aliphatic rings. The van der Waals surface area contributed by atoms with E-state index in [0.29, 0.717) is 35.7 Å². The SMILES string of the molecule is CS(=O)(=O)N1CCCc2cc(C(=O)NCc3ccc(-c4ccc(F)cc4)o3)ccc21. The number of hydrogen-bond donors (Lipinski definition) is 1. The standard InChI is InChI=1S/C22H21FN2O4S/c1-30(27,28)25-12-2-3-16-13-17(6-10-20(16)25)22(26)24-14-19-9-11-21(29-19)15-4-7-18(23)8-5-15/h4-11,13H,2-3,12,14H2,1H3,(H,24,26). The van der Waals surface area contributed by atoms with Crippen LogP contribution in [0, 0.1) is 5.82 Å². The molecule has 1 N–H and O–H groups in total. The average Bonchev–Trinajstić information content (AvgIpc) is 3.20. The highest BCUT2D eigenvalue weighted by molar-refractivity contribution is 7.92. The van der Waals surface area contributed by atoms with E-state index in [2.05, 4.69) is 5.32 Å². The molecular formula is C22H21FN2O4S. The highest BCUT2D eigenvalue weighted by Gasteiger charge is 2.24. The first-order chi connectivity index (χ1) is 14.3. The van der Waals surface area contributed by atoms with Gasteiger partial charge in [0.2, 0.25) is 10.0 Å². The van der Waals surface area contributed by atoms with Crippen LogP contribution >= 0.6 is 0 Å². The van der Waals surface area contributed by atoms with Gasteiger partial charge in [0, 0.05) is 17.7 Å². The molecule has 0 saturated carbocycles. The Morgan fingerprint density at radius 1 is 1.13 bits per heavy atom. The summed E-state index contributed by atoms with van der Waals surface area (Å²) in [6.45, 7) is 0.652. The van der Waals surface area contributed by atoms with Gasteiger partial charge in [0.15, 0.2) is 0 Å². The highest BCUT2D eigenvalue weighted by Crippen LogP contribution is 2.30. The molecule has 156 valence electrons. The van der Waals surface area contributed by atoms with Gasteiger partial charge in [-0.3, -0.25) is 9.10 Å². The average molecular weight is 428 g/mol. The van der Waals surface area contributed by atoms with Crippen LogP contribution in [0.2, 0.25) is 0 Å². The third kappa shape index (κ3) is 4.23. The predicted molar refractivity (Wildman–Crippen MR) is 112 cm³/mol. The number of fused-ring (bicyclic) bond motifs is 1. The van der Waals surface area contributed by atoms with Gasteiger partial charge in [0.05, 0.1) is 18.5 Å². The van der Waals surface area contributed by atoms with Gasteiger partial charge in [-0.05, 0) is 73.0 Å². The van der Waals surface area contributed by atoms with E-state index in [1.807, 2.05) is 0 Å². The molecule has 0 radical (unpaired) electrons. The second kappa shape index (κ2) is 7.95. The van der Waals surface area contributed by atoms with Gasteiger partial charge in [0.1, 0.15) is 17.3 Å². The molecule has 1 aromatic heterocycles. The van der Waals surface area contributed by atoms with Crippen LogP contribution in [0.3, 0.4) is 0 Å². The van der Waals surface area contributed by atoms with Crippen molar-refractivity contribution >= 4 is 21.6 Å². The maximum absolute atomic E-state index is 13.1. The second-order valence-electron chi connectivity index (χ2n) is 7.24. The molecule has 0 unspecified atom stereocenters. The minimum Gasteiger partial charge on any atom is -0.459 e. The van der Waals surface area contributed by atoms with Crippen LogP contribution in [-0.2, 0) is 23.0 Å². The lowest BCUT2D eigenvalue weighted by Gasteiger charge is -2.29. The molecular weight excluding hydrogens is 407 g/mol. The normalized spacial score (nSPS) is 13.7. The maximum Gasteiger partial charge on any atom is 0.251 e. The number of nitrogens with zero attached hydrogens (tertiary/aromatic N) is 1. The summed E-state index contributed by atoms with van der Waals surface area (Å²) in [6, 6.07) is 14.6. The van der Waals surface area contributed by atoms with Gasteiger partial charge in [0.25, 0.3) is 5.91 Å². The Morgan fingerprint density at radius 2 is 1.90 bits per heavy atom. The van der Waals surface area contributed by atoms with Crippen molar-refractivity contribution in [2.75, 3.05) is 17.1 Å². The minimum absolute atomic E-state index is 0.201. The lowest BCUT2D eigenvalue weighted by atomic mass is 10.0. The molecule has 2 aromatic carbocycles. The monoisotopic (exact) mass is 428 g/mol. The predicted octanol–water partition coefficient (Wildman–Crippen LogP) is 3.73. The van der Waals surface area contributed by atoms with Gasteiger partial charge < -0.3 is 9.73 Å². The lowest BCUT2D eigenvalue weighted by Crippen LogP contribution is -2.34. The number of hydrogen-bond acceptors (Lipinski definition) is 4. The summed E-state index contributed by atoms with van der Waals surface area (Å²) in [6.07, 6.45) is 2.62. The minimum atomic E-state index is -3.34. The second-order valence-corrected chi connectivity index (χ2v) is 9.14. The molecule has 0 atom stereocenters. The number of aryl methyl sites for hydroxylation is 1. The lowest BCUT2D eigenvalue weighted by molar-refractivity contribution is 0.0948. The van der Waals surface area contributed by atoms with Crippen LogP contribution in [-0.4, -0.2) is 27.1 Å². The quantitative estimate of drug-likeness (QED) is 0.672. The van der Waals surface area contributed by atoms with Crippen molar-refractivity contribution in [1.29, 1.82) is 0 Å². The fourth-order valence-corrected chi connectivity index (χ4v) is 4.56. The van der Waals surface area contributed by atoms with Crippen LogP contribution in [0.4, 0.5) is 10.1 Å². The van der Waals surface area contributed by atoms with Crippen molar-refractivity contribution in [2.24, 2.45) is 0 Å². The topological polar surface area (TPSA) is 79.6 Å². The van der Waals surface area contributed by atoms with Crippen molar-refractivity contribution in [3.63, 3.8) is 0 Å². The van der Waals surface area contributed by atoms with Gasteiger partial charge in [-0.2, -0.15) is 0 Å². The number of carbonyl (C=O) groups is 1. The zero-order chi connectivity index (χ0) is 21.3. The number of halogens is 1. The summed E-state index contributed by atoms with van der Waals surface area (Å²) in [4.78, 5) is 12.6. The molecule has 0 spiro atoms. The molecule has 1 aliphatic heterocycles. The number of furan rings is 1. The largest absolute Gasteiger partial charge is 0.459 e. The number of amides is 1. The van der Waals surface area contributed by atoms with Crippen molar-refractivity contribution < 1.29 is 22.0 Å². The van der Waals surface area contributed by atoms with E-state index in [0.717, 1.165) is 17.5 Å². The fourth-order valence-electron chi connectivity index (χ4n) is 3.56. The number of benzene rings is 2. The maximum atomic E-state index is 13.1. The number of nitrogens with one attached hydrogen (secondary N) is 1. The molecule has 0 fully saturated rings. The van der Waals surface area contributed by atoms with Gasteiger partial charge >= 0.3 is 0 Å². The molecule has 0 saturated heterocycles. The number of carbonyl (C=O) groups excluding carboxylic acids is 1. The van der Waals surface area contributed by atoms with Crippen LogP contribution < -0.4 is 9.62 Å². The molecule has 1 amide bonds. The molecule has 3 aromatic rings. The summed E-state index contributed by atoms with van der Waals surface area (Å²) < 4.78 is 44.1. The van der Waals surface area contributed by atoms with E-state index >= 15 is 0 Å². The Labute approximate surface area is 174 Å². The zero-order valence-corrected chi connectivity index (χ0v) is 17.2. The van der Waals surface area contributed by atoms with Crippen molar-refractivity contribution in [3.05, 3.63) is 77.3 Å². The van der Waals surface area contributed by atoms with E-state index in [9.17, 15) is 17.6 Å². The van der Waals surface area contributed by atoms with Gasteiger partial charge in [-0.1, -0.05) is 0 Å². The first-order valence-electron chi connectivity index (χ1n) is 9.55. The van der Waals surface area contributed by atoms with Crippen molar-refractivity contribution in [3.8, 4) is 11.3 Å². The van der Waals surface area contributed by atoms with Crippen molar-refractivity contribution in [1.82, 2.24) is 5.32 Å². The van der Waals surface area contributed by atoms with Crippen molar-refractivity contribution in [2.45, 2.75) is 19.4 Å². The molecule has 0 bridgehead atoms.